The first-order valence-corrected chi connectivity index (χ1v) is 16.9. The summed E-state index contributed by atoms with van der Waals surface area (Å²) in [7, 11) is 0. The van der Waals surface area contributed by atoms with Gasteiger partial charge in [0.15, 0.2) is 0 Å². The lowest BCUT2D eigenvalue weighted by Crippen LogP contribution is -2.26. The SMILES string of the molecule is C=C/C=C(\C=C/C)N(c1ccc(N(c2ccc(C(N)C(C)(C)C)cc2)c2ccc3ccccc3c2)cc1)c1ccccc1-c1ccccc1. The third kappa shape index (κ3) is 7.28. The van der Waals surface area contributed by atoms with Crippen molar-refractivity contribution in [2.75, 3.05) is 9.80 Å². The van der Waals surface area contributed by atoms with Crippen molar-refractivity contribution in [1.29, 1.82) is 0 Å². The number of rotatable bonds is 10. The van der Waals surface area contributed by atoms with Crippen molar-refractivity contribution in [2.24, 2.45) is 11.1 Å². The van der Waals surface area contributed by atoms with Crippen LogP contribution in [0.3, 0.4) is 0 Å². The normalized spacial score (nSPS) is 12.6. The van der Waals surface area contributed by atoms with Gasteiger partial charge in [-0.25, -0.2) is 0 Å². The number of fused-ring (bicyclic) bond motifs is 1. The van der Waals surface area contributed by atoms with Crippen LogP contribution in [0.1, 0.15) is 39.3 Å². The number of nitrogens with two attached hydrogens (primary N) is 1. The molecular weight excluding hydrogens is 595 g/mol. The van der Waals surface area contributed by atoms with Crippen molar-refractivity contribution >= 4 is 39.2 Å². The summed E-state index contributed by atoms with van der Waals surface area (Å²) >= 11 is 0. The van der Waals surface area contributed by atoms with Crippen molar-refractivity contribution in [3.05, 3.63) is 188 Å². The van der Waals surface area contributed by atoms with E-state index in [0.29, 0.717) is 0 Å². The number of anilines is 5. The highest BCUT2D eigenvalue weighted by molar-refractivity contribution is 5.90. The van der Waals surface area contributed by atoms with Crippen LogP contribution in [-0.4, -0.2) is 0 Å². The monoisotopic (exact) mass is 639 g/mol. The van der Waals surface area contributed by atoms with Crippen LogP contribution in [-0.2, 0) is 0 Å². The second-order valence-electron chi connectivity index (χ2n) is 13.4. The highest BCUT2D eigenvalue weighted by Crippen LogP contribution is 2.42. The Kier molecular flexibility index (Phi) is 9.94. The lowest BCUT2D eigenvalue weighted by molar-refractivity contribution is 0.327. The van der Waals surface area contributed by atoms with Crippen molar-refractivity contribution in [3.8, 4) is 11.1 Å². The van der Waals surface area contributed by atoms with E-state index < -0.39 is 0 Å². The molecule has 244 valence electrons. The second-order valence-corrected chi connectivity index (χ2v) is 13.4. The van der Waals surface area contributed by atoms with E-state index in [0.717, 1.165) is 50.8 Å². The molecule has 0 aliphatic rings. The van der Waals surface area contributed by atoms with E-state index in [1.54, 1.807) is 0 Å². The Labute approximate surface area is 292 Å². The maximum Gasteiger partial charge on any atom is 0.0540 e. The first kappa shape index (κ1) is 33.3. The molecule has 2 N–H and O–H groups in total. The van der Waals surface area contributed by atoms with Gasteiger partial charge in [0.2, 0.25) is 0 Å². The largest absolute Gasteiger partial charge is 0.324 e. The topological polar surface area (TPSA) is 32.5 Å². The van der Waals surface area contributed by atoms with Crippen molar-refractivity contribution in [2.45, 2.75) is 33.7 Å². The number of allylic oxidation sites excluding steroid dienone is 4. The van der Waals surface area contributed by atoms with E-state index in [1.165, 1.54) is 10.8 Å². The summed E-state index contributed by atoms with van der Waals surface area (Å²) in [6.45, 7) is 12.6. The highest BCUT2D eigenvalue weighted by Gasteiger charge is 2.23. The molecule has 0 bridgehead atoms. The maximum atomic E-state index is 6.66. The summed E-state index contributed by atoms with van der Waals surface area (Å²) in [6.07, 6.45) is 8.10. The van der Waals surface area contributed by atoms with Crippen LogP contribution in [0.15, 0.2) is 182 Å². The van der Waals surface area contributed by atoms with Gasteiger partial charge in [-0.2, -0.15) is 0 Å². The minimum atomic E-state index is -0.0605. The van der Waals surface area contributed by atoms with Gasteiger partial charge in [0.25, 0.3) is 0 Å². The van der Waals surface area contributed by atoms with Crippen molar-refractivity contribution in [3.63, 3.8) is 0 Å². The summed E-state index contributed by atoms with van der Waals surface area (Å²) in [4.78, 5) is 4.62. The molecule has 6 aromatic rings. The summed E-state index contributed by atoms with van der Waals surface area (Å²) in [5.74, 6) is 0. The molecule has 1 atom stereocenters. The van der Waals surface area contributed by atoms with Gasteiger partial charge in [0.05, 0.1) is 5.69 Å². The molecular formula is C46H45N3. The summed E-state index contributed by atoms with van der Waals surface area (Å²) < 4.78 is 0. The second kappa shape index (κ2) is 14.6. The zero-order chi connectivity index (χ0) is 34.4. The number of hydrogen-bond donors (Lipinski definition) is 1. The Hall–Kier alpha value is -5.64. The Morgan fingerprint density at radius 2 is 1.22 bits per heavy atom. The third-order valence-corrected chi connectivity index (χ3v) is 8.91. The Morgan fingerprint density at radius 1 is 0.653 bits per heavy atom. The van der Waals surface area contributed by atoms with Crippen LogP contribution in [0.5, 0.6) is 0 Å². The zero-order valence-corrected chi connectivity index (χ0v) is 28.9. The minimum absolute atomic E-state index is 0.0355. The fraction of sp³-hybridized carbons (Fsp3) is 0.130. The Bertz CT molecular complexity index is 2080. The van der Waals surface area contributed by atoms with Gasteiger partial charge in [0, 0.05) is 40.1 Å². The predicted octanol–water partition coefficient (Wildman–Crippen LogP) is 12.8. The molecule has 3 heteroatoms. The number of nitrogens with zero attached hydrogens (tertiary/aromatic N) is 2. The average Bonchev–Trinajstić information content (AvgIpc) is 3.13. The molecule has 6 aromatic carbocycles. The van der Waals surface area contributed by atoms with Crippen LogP contribution < -0.4 is 15.5 Å². The fourth-order valence-corrected chi connectivity index (χ4v) is 6.30. The molecule has 49 heavy (non-hydrogen) atoms. The van der Waals surface area contributed by atoms with E-state index in [-0.39, 0.29) is 11.5 Å². The van der Waals surface area contributed by atoms with E-state index >= 15 is 0 Å². The van der Waals surface area contributed by atoms with E-state index in [9.17, 15) is 0 Å². The molecule has 0 spiro atoms. The molecule has 0 aliphatic carbocycles. The first-order valence-electron chi connectivity index (χ1n) is 16.9. The smallest absolute Gasteiger partial charge is 0.0540 e. The molecule has 0 aromatic heterocycles. The van der Waals surface area contributed by atoms with Gasteiger partial charge in [-0.05, 0) is 101 Å². The highest BCUT2D eigenvalue weighted by atomic mass is 15.2. The van der Waals surface area contributed by atoms with Crippen molar-refractivity contribution < 1.29 is 0 Å². The number of benzene rings is 6. The first-order chi connectivity index (χ1) is 23.8. The van der Waals surface area contributed by atoms with Gasteiger partial charge in [0.1, 0.15) is 0 Å². The maximum absolute atomic E-state index is 6.66. The average molecular weight is 640 g/mol. The van der Waals surface area contributed by atoms with Crippen LogP contribution in [0, 0.1) is 5.41 Å². The summed E-state index contributed by atoms with van der Waals surface area (Å²) in [6, 6.07) is 51.7. The van der Waals surface area contributed by atoms with Gasteiger partial charge < -0.3 is 15.5 Å². The molecule has 0 heterocycles. The minimum Gasteiger partial charge on any atom is -0.324 e. The fourth-order valence-electron chi connectivity index (χ4n) is 6.30. The molecule has 0 aliphatic heterocycles. The summed E-state index contributed by atoms with van der Waals surface area (Å²) in [5, 5.41) is 2.41. The van der Waals surface area contributed by atoms with E-state index in [1.807, 2.05) is 13.0 Å². The predicted molar refractivity (Wildman–Crippen MR) is 212 cm³/mol. The van der Waals surface area contributed by atoms with Gasteiger partial charge in [-0.1, -0.05) is 130 Å². The van der Waals surface area contributed by atoms with E-state index in [2.05, 4.69) is 201 Å². The lowest BCUT2D eigenvalue weighted by atomic mass is 9.83. The van der Waals surface area contributed by atoms with Crippen LogP contribution in [0.25, 0.3) is 21.9 Å². The molecule has 0 radical (unpaired) electrons. The summed E-state index contributed by atoms with van der Waals surface area (Å²) in [5.41, 5.74) is 16.4. The zero-order valence-electron chi connectivity index (χ0n) is 28.9. The lowest BCUT2D eigenvalue weighted by Gasteiger charge is -2.31. The number of hydrogen-bond acceptors (Lipinski definition) is 3. The van der Waals surface area contributed by atoms with Gasteiger partial charge in [-0.3, -0.25) is 0 Å². The molecule has 0 fully saturated rings. The molecule has 0 saturated carbocycles. The Morgan fingerprint density at radius 3 is 1.88 bits per heavy atom. The molecule has 1 unspecified atom stereocenters. The standard InChI is InChI=1S/C46H45N3/c1-6-15-38(16-7-2)49(44-22-14-13-21-43(44)35-18-9-8-10-19-35)41-31-29-40(30-32-41)48(42-28-23-34-17-11-12-20-37(34)33-42)39-26-24-36(25-27-39)45(47)46(3,4)5/h6-33,45H,1,47H2,2-5H3/b16-7-,38-15+. The molecule has 0 saturated heterocycles. The van der Waals surface area contributed by atoms with Crippen molar-refractivity contribution in [1.82, 2.24) is 0 Å². The number of para-hydroxylation sites is 1. The van der Waals surface area contributed by atoms with Gasteiger partial charge in [-0.15, -0.1) is 0 Å². The van der Waals surface area contributed by atoms with Crippen LogP contribution in [0.2, 0.25) is 0 Å². The third-order valence-electron chi connectivity index (χ3n) is 8.91. The molecule has 3 nitrogen and oxygen atoms in total. The van der Waals surface area contributed by atoms with E-state index in [4.69, 9.17) is 5.73 Å². The quantitative estimate of drug-likeness (QED) is 0.151. The molecule has 6 rings (SSSR count). The molecule has 0 amide bonds. The van der Waals surface area contributed by atoms with Crippen LogP contribution >= 0.6 is 0 Å². The van der Waals surface area contributed by atoms with Crippen LogP contribution in [0.4, 0.5) is 28.4 Å². The Balaban J connectivity index is 1.48. The van der Waals surface area contributed by atoms with Gasteiger partial charge >= 0.3 is 0 Å².